The van der Waals surface area contributed by atoms with E-state index >= 15 is 0 Å². The van der Waals surface area contributed by atoms with Gasteiger partial charge in [0.25, 0.3) is 5.91 Å². The van der Waals surface area contributed by atoms with E-state index < -0.39 is 17.9 Å². The minimum Gasteiger partial charge on any atom is -0.340 e. The maximum absolute atomic E-state index is 12.0. The first kappa shape index (κ1) is 13.5. The van der Waals surface area contributed by atoms with Crippen molar-refractivity contribution in [2.45, 2.75) is 25.8 Å². The van der Waals surface area contributed by atoms with E-state index in [1.54, 1.807) is 13.0 Å². The molecule has 1 aromatic heterocycles. The predicted molar refractivity (Wildman–Crippen MR) is 67.6 cm³/mol. The molecule has 1 unspecified atom stereocenters. The molecule has 2 rings (SSSR count). The Balaban J connectivity index is 2.08. The van der Waals surface area contributed by atoms with Crippen LogP contribution in [0.2, 0.25) is 5.15 Å². The van der Waals surface area contributed by atoms with Gasteiger partial charge < -0.3 is 5.32 Å². The lowest BCUT2D eigenvalue weighted by Gasteiger charge is -2.21. The van der Waals surface area contributed by atoms with Crippen LogP contribution < -0.4 is 10.6 Å². The van der Waals surface area contributed by atoms with Crippen molar-refractivity contribution < 1.29 is 14.4 Å². The third-order valence-electron chi connectivity index (χ3n) is 2.73. The number of amides is 3. The van der Waals surface area contributed by atoms with E-state index in [0.717, 1.165) is 0 Å². The molecule has 0 saturated carbocycles. The molecule has 0 bridgehead atoms. The predicted octanol–water partition coefficient (Wildman–Crippen LogP) is 0.578. The summed E-state index contributed by atoms with van der Waals surface area (Å²) < 4.78 is 0. The van der Waals surface area contributed by atoms with Gasteiger partial charge in [0.05, 0.1) is 0 Å². The molecule has 6 nitrogen and oxygen atoms in total. The Labute approximate surface area is 114 Å². The van der Waals surface area contributed by atoms with Crippen molar-refractivity contribution in [1.29, 1.82) is 0 Å². The van der Waals surface area contributed by atoms with Gasteiger partial charge in [-0.2, -0.15) is 0 Å². The van der Waals surface area contributed by atoms with Crippen LogP contribution in [0.5, 0.6) is 0 Å². The Bertz CT molecular complexity index is 539. The molecule has 3 amide bonds. The molecular formula is C12H12ClN3O3. The Morgan fingerprint density at radius 1 is 1.47 bits per heavy atom. The van der Waals surface area contributed by atoms with Gasteiger partial charge in [0.15, 0.2) is 0 Å². The molecule has 1 aromatic rings. The summed E-state index contributed by atoms with van der Waals surface area (Å²) in [5.74, 6) is -1.22. The van der Waals surface area contributed by atoms with Gasteiger partial charge in [-0.25, -0.2) is 4.98 Å². The zero-order chi connectivity index (χ0) is 14.0. The Kier molecular flexibility index (Phi) is 3.80. The third kappa shape index (κ3) is 3.29. The molecule has 0 aromatic carbocycles. The minimum atomic E-state index is -0.697. The maximum Gasteiger partial charge on any atom is 0.252 e. The highest BCUT2D eigenvalue weighted by molar-refractivity contribution is 6.29. The fraction of sp³-hybridized carbons (Fsp3) is 0.333. The zero-order valence-corrected chi connectivity index (χ0v) is 11.0. The fourth-order valence-electron chi connectivity index (χ4n) is 1.83. The van der Waals surface area contributed by atoms with Gasteiger partial charge in [-0.15, -0.1) is 0 Å². The molecule has 1 atom stereocenters. The molecule has 0 radical (unpaired) electrons. The summed E-state index contributed by atoms with van der Waals surface area (Å²) in [7, 11) is 0. The fourth-order valence-corrected chi connectivity index (χ4v) is 2.08. The van der Waals surface area contributed by atoms with E-state index in [4.69, 9.17) is 11.6 Å². The summed E-state index contributed by atoms with van der Waals surface area (Å²) in [5, 5.41) is 4.96. The first-order chi connectivity index (χ1) is 8.95. The van der Waals surface area contributed by atoms with E-state index in [9.17, 15) is 14.4 Å². The molecule has 2 N–H and O–H groups in total. The van der Waals surface area contributed by atoms with Crippen LogP contribution in [-0.2, 0) is 9.59 Å². The van der Waals surface area contributed by atoms with E-state index in [-0.39, 0.29) is 17.5 Å². The average molecular weight is 282 g/mol. The van der Waals surface area contributed by atoms with Gasteiger partial charge in [-0.05, 0) is 25.5 Å². The summed E-state index contributed by atoms with van der Waals surface area (Å²) in [4.78, 5) is 38.4. The number of halogens is 1. The zero-order valence-electron chi connectivity index (χ0n) is 10.2. The van der Waals surface area contributed by atoms with E-state index in [2.05, 4.69) is 15.6 Å². The molecular weight excluding hydrogens is 270 g/mol. The smallest absolute Gasteiger partial charge is 0.252 e. The first-order valence-corrected chi connectivity index (χ1v) is 6.12. The molecule has 0 aliphatic carbocycles. The Hall–Kier alpha value is -1.95. The van der Waals surface area contributed by atoms with Gasteiger partial charge >= 0.3 is 0 Å². The van der Waals surface area contributed by atoms with E-state index in [0.29, 0.717) is 17.7 Å². The highest BCUT2D eigenvalue weighted by Crippen LogP contribution is 2.11. The van der Waals surface area contributed by atoms with E-state index in [1.165, 1.54) is 6.07 Å². The van der Waals surface area contributed by atoms with E-state index in [1.807, 2.05) is 0 Å². The second kappa shape index (κ2) is 5.36. The topological polar surface area (TPSA) is 88.2 Å². The lowest BCUT2D eigenvalue weighted by molar-refractivity contribution is -0.134. The number of aromatic nitrogens is 1. The normalized spacial score (nSPS) is 18.9. The van der Waals surface area contributed by atoms with Crippen molar-refractivity contribution in [1.82, 2.24) is 15.6 Å². The van der Waals surface area contributed by atoms with Crippen molar-refractivity contribution in [3.63, 3.8) is 0 Å². The number of piperidine rings is 1. The number of carbonyl (C=O) groups is 3. The SMILES string of the molecule is Cc1cc(C(=O)NC2CCC(=O)NC2=O)cc(Cl)n1. The van der Waals surface area contributed by atoms with Crippen LogP contribution in [0.1, 0.15) is 28.9 Å². The van der Waals surface area contributed by atoms with Crippen LogP contribution in [0.4, 0.5) is 0 Å². The summed E-state index contributed by atoms with van der Waals surface area (Å²) in [6.45, 7) is 1.72. The Morgan fingerprint density at radius 2 is 2.21 bits per heavy atom. The number of rotatable bonds is 2. The second-order valence-electron chi connectivity index (χ2n) is 4.30. The van der Waals surface area contributed by atoms with Crippen molar-refractivity contribution in [3.05, 3.63) is 28.5 Å². The van der Waals surface area contributed by atoms with Gasteiger partial charge in [0, 0.05) is 17.7 Å². The van der Waals surface area contributed by atoms with Crippen molar-refractivity contribution in [2.75, 3.05) is 0 Å². The standard InChI is InChI=1S/C12H12ClN3O3/c1-6-4-7(5-9(13)14-6)11(18)15-8-2-3-10(17)16-12(8)19/h4-5,8H,2-3H2,1H3,(H,15,18)(H,16,17,19). The van der Waals surface area contributed by atoms with Crippen LogP contribution >= 0.6 is 11.6 Å². The number of imide groups is 1. The Morgan fingerprint density at radius 3 is 2.84 bits per heavy atom. The highest BCUT2D eigenvalue weighted by Gasteiger charge is 2.28. The third-order valence-corrected chi connectivity index (χ3v) is 2.92. The number of pyridine rings is 1. The van der Waals surface area contributed by atoms with Crippen LogP contribution in [0.25, 0.3) is 0 Å². The molecule has 0 spiro atoms. The monoisotopic (exact) mass is 281 g/mol. The molecule has 1 fully saturated rings. The lowest BCUT2D eigenvalue weighted by atomic mass is 10.1. The number of nitrogens with zero attached hydrogens (tertiary/aromatic N) is 1. The van der Waals surface area contributed by atoms with Crippen molar-refractivity contribution in [2.24, 2.45) is 0 Å². The molecule has 19 heavy (non-hydrogen) atoms. The van der Waals surface area contributed by atoms with Gasteiger partial charge in [-0.1, -0.05) is 11.6 Å². The largest absolute Gasteiger partial charge is 0.340 e. The van der Waals surface area contributed by atoms with Crippen LogP contribution in [0, 0.1) is 6.92 Å². The van der Waals surface area contributed by atoms with Gasteiger partial charge in [-0.3, -0.25) is 19.7 Å². The second-order valence-corrected chi connectivity index (χ2v) is 4.68. The maximum atomic E-state index is 12.0. The first-order valence-electron chi connectivity index (χ1n) is 5.74. The summed E-state index contributed by atoms with van der Waals surface area (Å²) in [6.07, 6.45) is 0.515. The number of hydrogen-bond donors (Lipinski definition) is 2. The number of carbonyl (C=O) groups excluding carboxylic acids is 3. The number of aryl methyl sites for hydroxylation is 1. The number of hydrogen-bond acceptors (Lipinski definition) is 4. The minimum absolute atomic E-state index is 0.215. The van der Waals surface area contributed by atoms with Crippen LogP contribution in [0.15, 0.2) is 12.1 Å². The van der Waals surface area contributed by atoms with Crippen molar-refractivity contribution in [3.8, 4) is 0 Å². The average Bonchev–Trinajstić information content (AvgIpc) is 2.31. The van der Waals surface area contributed by atoms with Crippen LogP contribution in [0.3, 0.4) is 0 Å². The lowest BCUT2D eigenvalue weighted by Crippen LogP contribution is -2.52. The van der Waals surface area contributed by atoms with Crippen molar-refractivity contribution >= 4 is 29.3 Å². The van der Waals surface area contributed by atoms with Crippen LogP contribution in [-0.4, -0.2) is 28.7 Å². The summed E-state index contributed by atoms with van der Waals surface area (Å²) in [5.41, 5.74) is 0.947. The van der Waals surface area contributed by atoms with Gasteiger partial charge in [0.2, 0.25) is 11.8 Å². The molecule has 7 heteroatoms. The van der Waals surface area contributed by atoms with Gasteiger partial charge in [0.1, 0.15) is 11.2 Å². The molecule has 1 aliphatic heterocycles. The molecule has 1 aliphatic rings. The summed E-state index contributed by atoms with van der Waals surface area (Å²) in [6, 6.07) is 2.31. The highest BCUT2D eigenvalue weighted by atomic mass is 35.5. The quantitative estimate of drug-likeness (QED) is 0.613. The molecule has 2 heterocycles. The molecule has 100 valence electrons. The summed E-state index contributed by atoms with van der Waals surface area (Å²) >= 11 is 5.77. The molecule has 1 saturated heterocycles. The number of nitrogens with one attached hydrogen (secondary N) is 2.